The van der Waals surface area contributed by atoms with Crippen LogP contribution in [-0.2, 0) is 4.79 Å². The monoisotopic (exact) mass is 422 g/mol. The number of nitrogens with one attached hydrogen (secondary N) is 2. The summed E-state index contributed by atoms with van der Waals surface area (Å²) in [5.41, 5.74) is 2.36. The SMILES string of the molecule is COc1cc(C2C3=C(CCCC3=O)Nc3nc(N4CCCCC4)[nH]c(=O)c32)ccc1O. The summed E-state index contributed by atoms with van der Waals surface area (Å²) in [6.45, 7) is 1.74. The number of hydrogen-bond acceptors (Lipinski definition) is 7. The number of fused-ring (bicyclic) bond motifs is 1. The first-order chi connectivity index (χ1) is 15.1. The van der Waals surface area contributed by atoms with Gasteiger partial charge in [-0.15, -0.1) is 0 Å². The quantitative estimate of drug-likeness (QED) is 0.698. The number of carbonyl (C=O) groups excluding carboxylic acids is 1. The molecule has 0 amide bonds. The maximum atomic E-state index is 13.3. The van der Waals surface area contributed by atoms with Gasteiger partial charge in [-0.2, -0.15) is 4.98 Å². The van der Waals surface area contributed by atoms with Gasteiger partial charge in [0, 0.05) is 36.7 Å². The molecule has 1 unspecified atom stereocenters. The Morgan fingerprint density at radius 3 is 2.71 bits per heavy atom. The molecular weight excluding hydrogens is 396 g/mol. The Hall–Kier alpha value is -3.29. The van der Waals surface area contributed by atoms with Gasteiger partial charge in [-0.25, -0.2) is 0 Å². The third-order valence-corrected chi connectivity index (χ3v) is 6.44. The number of aromatic hydroxyl groups is 1. The number of aromatic amines is 1. The second-order valence-electron chi connectivity index (χ2n) is 8.36. The van der Waals surface area contributed by atoms with Crippen LogP contribution < -0.4 is 20.5 Å². The third kappa shape index (κ3) is 3.36. The van der Waals surface area contributed by atoms with Crippen LogP contribution in [0.5, 0.6) is 11.5 Å². The van der Waals surface area contributed by atoms with Crippen molar-refractivity contribution in [1.29, 1.82) is 0 Å². The Morgan fingerprint density at radius 2 is 1.94 bits per heavy atom. The molecule has 0 radical (unpaired) electrons. The summed E-state index contributed by atoms with van der Waals surface area (Å²) in [6.07, 6.45) is 5.31. The van der Waals surface area contributed by atoms with E-state index in [4.69, 9.17) is 9.72 Å². The Labute approximate surface area is 180 Å². The number of carbonyl (C=O) groups is 1. The maximum absolute atomic E-state index is 13.3. The van der Waals surface area contributed by atoms with Gasteiger partial charge < -0.3 is 20.1 Å². The van der Waals surface area contributed by atoms with Gasteiger partial charge in [-0.3, -0.25) is 14.6 Å². The van der Waals surface area contributed by atoms with Crippen molar-refractivity contribution in [3.05, 3.63) is 50.9 Å². The Bertz CT molecular complexity index is 1130. The minimum atomic E-state index is -0.555. The highest BCUT2D eigenvalue weighted by Crippen LogP contribution is 2.45. The van der Waals surface area contributed by atoms with Crippen LogP contribution in [0, 0.1) is 0 Å². The van der Waals surface area contributed by atoms with Crippen molar-refractivity contribution in [3.63, 3.8) is 0 Å². The molecule has 1 aromatic carbocycles. The normalized spacial score (nSPS) is 20.7. The van der Waals surface area contributed by atoms with Crippen molar-refractivity contribution in [2.24, 2.45) is 0 Å². The number of allylic oxidation sites excluding steroid dienone is 2. The first-order valence-electron chi connectivity index (χ1n) is 10.9. The lowest BCUT2D eigenvalue weighted by molar-refractivity contribution is -0.116. The van der Waals surface area contributed by atoms with E-state index in [0.717, 1.165) is 50.0 Å². The van der Waals surface area contributed by atoms with Gasteiger partial charge in [0.15, 0.2) is 17.3 Å². The fraction of sp³-hybridized carbons (Fsp3) is 0.435. The van der Waals surface area contributed by atoms with Crippen LogP contribution in [0.15, 0.2) is 34.3 Å². The molecule has 162 valence electrons. The number of H-pyrrole nitrogens is 1. The number of methoxy groups -OCH3 is 1. The zero-order valence-electron chi connectivity index (χ0n) is 17.5. The topological polar surface area (TPSA) is 108 Å². The van der Waals surface area contributed by atoms with E-state index in [1.807, 2.05) is 0 Å². The highest BCUT2D eigenvalue weighted by molar-refractivity contribution is 6.01. The number of aromatic nitrogens is 2. The summed E-state index contributed by atoms with van der Waals surface area (Å²) >= 11 is 0. The van der Waals surface area contributed by atoms with E-state index in [1.165, 1.54) is 19.6 Å². The predicted molar refractivity (Wildman–Crippen MR) is 117 cm³/mol. The predicted octanol–water partition coefficient (Wildman–Crippen LogP) is 3.04. The van der Waals surface area contributed by atoms with Crippen molar-refractivity contribution in [3.8, 4) is 11.5 Å². The van der Waals surface area contributed by atoms with Gasteiger partial charge in [0.2, 0.25) is 5.95 Å². The maximum Gasteiger partial charge on any atom is 0.258 e. The smallest absolute Gasteiger partial charge is 0.258 e. The van der Waals surface area contributed by atoms with Crippen LogP contribution in [0.25, 0.3) is 0 Å². The highest BCUT2D eigenvalue weighted by Gasteiger charge is 2.38. The molecule has 3 aliphatic rings. The van der Waals surface area contributed by atoms with E-state index in [1.54, 1.807) is 12.1 Å². The van der Waals surface area contributed by atoms with Gasteiger partial charge in [-0.1, -0.05) is 6.07 Å². The molecule has 8 nitrogen and oxygen atoms in total. The van der Waals surface area contributed by atoms with E-state index < -0.39 is 5.92 Å². The van der Waals surface area contributed by atoms with E-state index in [2.05, 4.69) is 15.2 Å². The lowest BCUT2D eigenvalue weighted by atomic mass is 9.76. The number of Topliss-reactive ketones (excluding diaryl/α,β-unsaturated/α-hetero) is 1. The first-order valence-corrected chi connectivity index (χ1v) is 10.9. The lowest BCUT2D eigenvalue weighted by Gasteiger charge is -2.34. The summed E-state index contributed by atoms with van der Waals surface area (Å²) in [6, 6.07) is 4.97. The molecule has 1 saturated heterocycles. The third-order valence-electron chi connectivity index (χ3n) is 6.44. The molecule has 0 bridgehead atoms. The summed E-state index contributed by atoms with van der Waals surface area (Å²) in [5.74, 6) is 0.879. The van der Waals surface area contributed by atoms with Crippen molar-refractivity contribution in [1.82, 2.24) is 9.97 Å². The summed E-state index contributed by atoms with van der Waals surface area (Å²) < 4.78 is 5.28. The number of phenols is 1. The molecule has 3 N–H and O–H groups in total. The molecular formula is C23H26N4O4. The van der Waals surface area contributed by atoms with Crippen molar-refractivity contribution < 1.29 is 14.6 Å². The number of rotatable bonds is 3. The van der Waals surface area contributed by atoms with Crippen molar-refractivity contribution in [2.75, 3.05) is 30.4 Å². The second kappa shape index (κ2) is 7.76. The fourth-order valence-electron chi connectivity index (χ4n) is 4.91. The molecule has 3 heterocycles. The minimum Gasteiger partial charge on any atom is -0.504 e. The van der Waals surface area contributed by atoms with Crippen LogP contribution in [0.3, 0.4) is 0 Å². The van der Waals surface area contributed by atoms with E-state index in [9.17, 15) is 14.7 Å². The Balaban J connectivity index is 1.68. The van der Waals surface area contributed by atoms with Crippen LogP contribution in [-0.4, -0.2) is 41.1 Å². The first kappa shape index (κ1) is 19.7. The van der Waals surface area contributed by atoms with Crippen LogP contribution in [0.1, 0.15) is 55.6 Å². The van der Waals surface area contributed by atoms with Gasteiger partial charge in [0.25, 0.3) is 5.56 Å². The zero-order chi connectivity index (χ0) is 21.5. The van der Waals surface area contributed by atoms with Crippen molar-refractivity contribution in [2.45, 2.75) is 44.4 Å². The van der Waals surface area contributed by atoms with Gasteiger partial charge in [0.05, 0.1) is 12.7 Å². The molecule has 1 atom stereocenters. The molecule has 2 aliphatic heterocycles. The number of ketones is 1. The van der Waals surface area contributed by atoms with Crippen molar-refractivity contribution >= 4 is 17.5 Å². The van der Waals surface area contributed by atoms with Crippen LogP contribution in [0.2, 0.25) is 0 Å². The number of hydrogen-bond donors (Lipinski definition) is 3. The molecule has 31 heavy (non-hydrogen) atoms. The molecule has 5 rings (SSSR count). The number of piperidine rings is 1. The second-order valence-corrected chi connectivity index (χ2v) is 8.36. The molecule has 8 heteroatoms. The molecule has 1 aliphatic carbocycles. The van der Waals surface area contributed by atoms with E-state index in [0.29, 0.717) is 35.1 Å². The Morgan fingerprint density at radius 1 is 1.13 bits per heavy atom. The van der Waals surface area contributed by atoms with Gasteiger partial charge in [-0.05, 0) is 49.8 Å². The molecule has 0 saturated carbocycles. The summed E-state index contributed by atoms with van der Waals surface area (Å²) in [7, 11) is 1.48. The summed E-state index contributed by atoms with van der Waals surface area (Å²) in [5, 5.41) is 13.4. The number of nitrogens with zero attached hydrogens (tertiary/aromatic N) is 2. The lowest BCUT2D eigenvalue weighted by Crippen LogP contribution is -2.36. The average molecular weight is 422 g/mol. The van der Waals surface area contributed by atoms with Gasteiger partial charge in [0.1, 0.15) is 5.82 Å². The Kier molecular flexibility index (Phi) is 4.92. The molecule has 1 fully saturated rings. The standard InChI is InChI=1S/C23H26N4O4/c1-31-17-12-13(8-9-15(17)28)18-19-14(6-5-7-16(19)29)24-21-20(18)22(30)26-23(25-21)27-10-3-2-4-11-27/h8-9,12,18,28H,2-7,10-11H2,1H3,(H2,24,25,26,30). The number of phenolic OH excluding ortho intramolecular Hbond substituents is 1. The fourth-order valence-corrected chi connectivity index (χ4v) is 4.91. The number of anilines is 2. The van der Waals surface area contributed by atoms with Crippen LogP contribution >= 0.6 is 0 Å². The summed E-state index contributed by atoms with van der Waals surface area (Å²) in [4.78, 5) is 36.1. The molecule has 2 aromatic rings. The molecule has 0 spiro atoms. The number of benzene rings is 1. The number of ether oxygens (including phenoxy) is 1. The largest absolute Gasteiger partial charge is 0.504 e. The van der Waals surface area contributed by atoms with E-state index >= 15 is 0 Å². The average Bonchev–Trinajstić information content (AvgIpc) is 2.79. The minimum absolute atomic E-state index is 0.0112. The van der Waals surface area contributed by atoms with E-state index in [-0.39, 0.29) is 17.1 Å². The van der Waals surface area contributed by atoms with Gasteiger partial charge >= 0.3 is 0 Å². The zero-order valence-corrected chi connectivity index (χ0v) is 17.5. The highest BCUT2D eigenvalue weighted by atomic mass is 16.5. The molecule has 1 aromatic heterocycles. The van der Waals surface area contributed by atoms with Crippen LogP contribution in [0.4, 0.5) is 11.8 Å².